The summed E-state index contributed by atoms with van der Waals surface area (Å²) in [7, 11) is 1.70. The number of thiazole rings is 1. The number of amides is 1. The number of benzene rings is 1. The third kappa shape index (κ3) is 4.91. The summed E-state index contributed by atoms with van der Waals surface area (Å²) in [6.07, 6.45) is 0. The van der Waals surface area contributed by atoms with Crippen LogP contribution in [-0.2, 0) is 7.05 Å². The van der Waals surface area contributed by atoms with Crippen molar-refractivity contribution in [2.75, 3.05) is 31.1 Å². The van der Waals surface area contributed by atoms with E-state index in [0.717, 1.165) is 36.2 Å². The number of carbonyl (C=O) groups excluding carboxylic acids is 1. The van der Waals surface area contributed by atoms with E-state index >= 15 is 0 Å². The summed E-state index contributed by atoms with van der Waals surface area (Å²) in [4.78, 5) is 21.3. The van der Waals surface area contributed by atoms with E-state index in [2.05, 4.69) is 28.8 Å². The molecule has 0 saturated carbocycles. The molecule has 2 aromatic heterocycles. The summed E-state index contributed by atoms with van der Waals surface area (Å²) in [6, 6.07) is 3.75. The Morgan fingerprint density at radius 3 is 2.45 bits per heavy atom. The number of rotatable bonds is 7. The predicted molar refractivity (Wildman–Crippen MR) is 114 cm³/mol. The lowest BCUT2D eigenvalue weighted by Crippen LogP contribution is -2.39. The van der Waals surface area contributed by atoms with Crippen LogP contribution in [-0.4, -0.2) is 51.8 Å². The zero-order chi connectivity index (χ0) is 20.4. The SMILES string of the molecule is CCN(CC)CCN(C(=O)c1cc(C)nn1C)c1nc2c(F)cc(F)cc2s1.Cl. The molecule has 6 nitrogen and oxygen atoms in total. The highest BCUT2D eigenvalue weighted by Crippen LogP contribution is 2.32. The van der Waals surface area contributed by atoms with E-state index in [0.29, 0.717) is 28.6 Å². The number of halogens is 3. The molecule has 0 bridgehead atoms. The van der Waals surface area contributed by atoms with Gasteiger partial charge in [0.25, 0.3) is 5.91 Å². The number of fused-ring (bicyclic) bond motifs is 1. The Kier molecular flexibility index (Phi) is 7.67. The van der Waals surface area contributed by atoms with Crippen molar-refractivity contribution in [1.29, 1.82) is 0 Å². The molecule has 10 heteroatoms. The molecule has 0 aliphatic carbocycles. The highest BCUT2D eigenvalue weighted by atomic mass is 35.5. The van der Waals surface area contributed by atoms with Crippen molar-refractivity contribution in [3.8, 4) is 0 Å². The van der Waals surface area contributed by atoms with Gasteiger partial charge in [0.2, 0.25) is 0 Å². The van der Waals surface area contributed by atoms with Crippen molar-refractivity contribution in [2.24, 2.45) is 7.05 Å². The zero-order valence-electron chi connectivity index (χ0n) is 16.8. The summed E-state index contributed by atoms with van der Waals surface area (Å²) in [5.74, 6) is -1.66. The highest BCUT2D eigenvalue weighted by molar-refractivity contribution is 7.22. The maximum atomic E-state index is 14.1. The lowest BCUT2D eigenvalue weighted by Gasteiger charge is -2.24. The Hall–Kier alpha value is -2.10. The van der Waals surface area contributed by atoms with Gasteiger partial charge in [-0.1, -0.05) is 25.2 Å². The van der Waals surface area contributed by atoms with Crippen molar-refractivity contribution < 1.29 is 13.6 Å². The van der Waals surface area contributed by atoms with Crippen molar-refractivity contribution in [3.63, 3.8) is 0 Å². The summed E-state index contributed by atoms with van der Waals surface area (Å²) in [5.41, 5.74) is 1.22. The molecule has 0 saturated heterocycles. The quantitative estimate of drug-likeness (QED) is 0.553. The van der Waals surface area contributed by atoms with Gasteiger partial charge in [-0.3, -0.25) is 14.4 Å². The Morgan fingerprint density at radius 1 is 1.17 bits per heavy atom. The van der Waals surface area contributed by atoms with Gasteiger partial charge in [-0.2, -0.15) is 5.10 Å². The molecule has 29 heavy (non-hydrogen) atoms. The molecule has 0 aliphatic rings. The molecule has 2 heterocycles. The summed E-state index contributed by atoms with van der Waals surface area (Å²) in [6.45, 7) is 8.64. The van der Waals surface area contributed by atoms with Crippen molar-refractivity contribution in [3.05, 3.63) is 41.2 Å². The normalized spacial score (nSPS) is 11.1. The number of aromatic nitrogens is 3. The van der Waals surface area contributed by atoms with Crippen molar-refractivity contribution in [1.82, 2.24) is 19.7 Å². The average Bonchev–Trinajstić information content (AvgIpc) is 3.21. The van der Waals surface area contributed by atoms with Gasteiger partial charge in [0.1, 0.15) is 17.0 Å². The average molecular weight is 444 g/mol. The maximum absolute atomic E-state index is 14.1. The minimum atomic E-state index is -0.731. The second-order valence-corrected chi connectivity index (χ2v) is 7.52. The third-order valence-electron chi connectivity index (χ3n) is 4.63. The van der Waals surface area contributed by atoms with Gasteiger partial charge in [0.15, 0.2) is 10.9 Å². The monoisotopic (exact) mass is 443 g/mol. The number of hydrogen-bond acceptors (Lipinski definition) is 5. The Morgan fingerprint density at radius 2 is 1.86 bits per heavy atom. The van der Waals surface area contributed by atoms with Gasteiger partial charge in [-0.25, -0.2) is 13.8 Å². The van der Waals surface area contributed by atoms with E-state index in [-0.39, 0.29) is 23.8 Å². The fourth-order valence-electron chi connectivity index (χ4n) is 3.08. The summed E-state index contributed by atoms with van der Waals surface area (Å²) >= 11 is 1.10. The first-order chi connectivity index (χ1) is 13.3. The van der Waals surface area contributed by atoms with Crippen LogP contribution < -0.4 is 4.90 Å². The van der Waals surface area contributed by atoms with Crippen LogP contribution in [0.25, 0.3) is 10.2 Å². The standard InChI is InChI=1S/C19H23F2N5OS.ClH/c1-5-25(6-2)7-8-26(18(27)15-9-12(3)23-24(15)4)19-22-17-14(21)10-13(20)11-16(17)28-19;/h9-11H,5-8H2,1-4H3;1H. The molecule has 3 rings (SSSR count). The topological polar surface area (TPSA) is 54.3 Å². The molecule has 0 N–H and O–H groups in total. The van der Waals surface area contributed by atoms with E-state index in [1.165, 1.54) is 15.6 Å². The first-order valence-corrected chi connectivity index (χ1v) is 9.96. The predicted octanol–water partition coefficient (Wildman–Crippen LogP) is 4.03. The lowest BCUT2D eigenvalue weighted by molar-refractivity contribution is 0.0974. The van der Waals surface area contributed by atoms with Gasteiger partial charge < -0.3 is 4.90 Å². The van der Waals surface area contributed by atoms with E-state index in [4.69, 9.17) is 0 Å². The lowest BCUT2D eigenvalue weighted by atomic mass is 10.3. The van der Waals surface area contributed by atoms with Gasteiger partial charge in [-0.05, 0) is 32.1 Å². The van der Waals surface area contributed by atoms with Gasteiger partial charge >= 0.3 is 0 Å². The summed E-state index contributed by atoms with van der Waals surface area (Å²) in [5, 5.41) is 4.58. The molecule has 0 unspecified atom stereocenters. The first-order valence-electron chi connectivity index (χ1n) is 9.14. The zero-order valence-corrected chi connectivity index (χ0v) is 18.4. The minimum Gasteiger partial charge on any atom is -0.302 e. The van der Waals surface area contributed by atoms with Crippen LogP contribution in [0.3, 0.4) is 0 Å². The fourth-order valence-corrected chi connectivity index (χ4v) is 4.10. The van der Waals surface area contributed by atoms with Gasteiger partial charge in [0, 0.05) is 26.2 Å². The molecule has 0 radical (unpaired) electrons. The van der Waals surface area contributed by atoms with Gasteiger partial charge in [0.05, 0.1) is 10.4 Å². The first kappa shape index (κ1) is 23.2. The van der Waals surface area contributed by atoms with Crippen LogP contribution >= 0.6 is 23.7 Å². The molecular weight excluding hydrogens is 420 g/mol. The Labute approximate surface area is 178 Å². The Balaban J connectivity index is 0.00000300. The molecule has 0 atom stereocenters. The minimum absolute atomic E-state index is 0. The second-order valence-electron chi connectivity index (χ2n) is 6.51. The van der Waals surface area contributed by atoms with Crippen LogP contribution in [0.1, 0.15) is 30.0 Å². The molecule has 0 aliphatic heterocycles. The van der Waals surface area contributed by atoms with Crippen molar-refractivity contribution in [2.45, 2.75) is 20.8 Å². The molecule has 0 fully saturated rings. The molecule has 158 valence electrons. The van der Waals surface area contributed by atoms with Gasteiger partial charge in [-0.15, -0.1) is 12.4 Å². The van der Waals surface area contributed by atoms with E-state index in [9.17, 15) is 13.6 Å². The van der Waals surface area contributed by atoms with Crippen molar-refractivity contribution >= 4 is 45.0 Å². The highest BCUT2D eigenvalue weighted by Gasteiger charge is 2.25. The smallest absolute Gasteiger partial charge is 0.278 e. The molecule has 1 amide bonds. The largest absolute Gasteiger partial charge is 0.302 e. The Bertz CT molecular complexity index is 1000. The number of hydrogen-bond donors (Lipinski definition) is 0. The number of anilines is 1. The van der Waals surface area contributed by atoms with Crippen LogP contribution in [0.15, 0.2) is 18.2 Å². The number of aryl methyl sites for hydroxylation is 2. The van der Waals surface area contributed by atoms with E-state index in [1.54, 1.807) is 13.1 Å². The molecular formula is C19H24ClF2N5OS. The molecule has 0 spiro atoms. The summed E-state index contributed by atoms with van der Waals surface area (Å²) < 4.78 is 29.6. The van der Waals surface area contributed by atoms with E-state index < -0.39 is 11.6 Å². The number of nitrogens with zero attached hydrogens (tertiary/aromatic N) is 5. The second kappa shape index (κ2) is 9.60. The van der Waals surface area contributed by atoms with Crippen LogP contribution in [0.4, 0.5) is 13.9 Å². The third-order valence-corrected chi connectivity index (χ3v) is 5.66. The van der Waals surface area contributed by atoms with Crippen LogP contribution in [0.2, 0.25) is 0 Å². The molecule has 3 aromatic rings. The van der Waals surface area contributed by atoms with Crippen LogP contribution in [0.5, 0.6) is 0 Å². The van der Waals surface area contributed by atoms with Crippen LogP contribution in [0, 0.1) is 18.6 Å². The van der Waals surface area contributed by atoms with E-state index in [1.807, 2.05) is 6.92 Å². The maximum Gasteiger partial charge on any atom is 0.278 e. The molecule has 1 aromatic carbocycles. The fraction of sp³-hybridized carbons (Fsp3) is 0.421. The number of likely N-dealkylation sites (N-methyl/N-ethyl adjacent to an activating group) is 1. The number of carbonyl (C=O) groups is 1.